The van der Waals surface area contributed by atoms with E-state index in [2.05, 4.69) is 229 Å². The summed E-state index contributed by atoms with van der Waals surface area (Å²) in [5, 5.41) is 6.17. The van der Waals surface area contributed by atoms with Crippen molar-refractivity contribution in [3.05, 3.63) is 168 Å². The number of para-hydroxylation sites is 1. The zero-order chi connectivity index (χ0) is 47.2. The molecule has 0 unspecified atom stereocenters. The van der Waals surface area contributed by atoms with E-state index in [0.29, 0.717) is 0 Å². The van der Waals surface area contributed by atoms with Gasteiger partial charge in [-0.05, 0) is 140 Å². The lowest BCUT2D eigenvalue weighted by Gasteiger charge is -2.46. The first-order valence-electron chi connectivity index (χ1n) is 24.6. The molecule has 0 radical (unpaired) electrons. The van der Waals surface area contributed by atoms with E-state index < -0.39 is 0 Å². The highest BCUT2D eigenvalue weighted by Crippen LogP contribution is 2.56. The van der Waals surface area contributed by atoms with E-state index in [1.165, 1.54) is 115 Å². The van der Waals surface area contributed by atoms with Crippen LogP contribution >= 0.6 is 11.3 Å². The molecule has 4 nitrogen and oxygen atoms in total. The van der Waals surface area contributed by atoms with Crippen LogP contribution in [-0.4, -0.2) is 11.3 Å². The van der Waals surface area contributed by atoms with Gasteiger partial charge in [0.15, 0.2) is 0 Å². The fourth-order valence-electron chi connectivity index (χ4n) is 12.0. The Balaban J connectivity index is 1.17. The molecule has 6 heteroatoms. The summed E-state index contributed by atoms with van der Waals surface area (Å²) < 4.78 is 12.0. The Morgan fingerprint density at radius 1 is 0.478 bits per heavy atom. The maximum atomic E-state index is 6.67. The van der Waals surface area contributed by atoms with E-state index in [1.807, 2.05) is 11.3 Å². The minimum absolute atomic E-state index is 0.00476. The van der Waals surface area contributed by atoms with Crippen LogP contribution in [-0.2, 0) is 16.2 Å². The Labute approximate surface area is 408 Å². The Morgan fingerprint density at radius 3 is 1.90 bits per heavy atom. The number of furan rings is 1. The lowest BCUT2D eigenvalue weighted by Crippen LogP contribution is -2.61. The second-order valence-corrected chi connectivity index (χ2v) is 24.2. The molecule has 0 bridgehead atoms. The van der Waals surface area contributed by atoms with Crippen molar-refractivity contribution in [3.63, 3.8) is 0 Å². The van der Waals surface area contributed by atoms with Gasteiger partial charge in [-0.15, -0.1) is 11.3 Å². The van der Waals surface area contributed by atoms with E-state index in [1.54, 1.807) is 0 Å². The number of aryl methyl sites for hydroxylation is 1. The van der Waals surface area contributed by atoms with Crippen LogP contribution in [0.25, 0.3) is 70.6 Å². The summed E-state index contributed by atoms with van der Waals surface area (Å²) in [5.41, 5.74) is 23.2. The Bertz CT molecular complexity index is 4050. The van der Waals surface area contributed by atoms with Crippen LogP contribution in [0.15, 0.2) is 150 Å². The van der Waals surface area contributed by atoms with Crippen LogP contribution in [0.4, 0.5) is 34.1 Å². The molecule has 0 spiro atoms. The standard InChI is InChI=1S/C63H54BN3OS/c1-35-27-48-56-49(28-35)67-50-33-39(62(5,6)7)31-43-42-30-38(61(2,3)4)24-25-46(42)65(57(43)50)51-34-40(63(8,9)10)32-45(59(51)67)64(56)60-58(44-29-37(23-26-54(44)69-60)36-17-12-11-13-18-36)66(48)47-20-16-22-53-55(47)41-19-14-15-21-52(41)68-53/h11-34H,1-10H3. The number of hydrogen-bond donors (Lipinski definition) is 0. The van der Waals surface area contributed by atoms with Crippen LogP contribution in [0, 0.1) is 6.92 Å². The van der Waals surface area contributed by atoms with Gasteiger partial charge in [0, 0.05) is 42.4 Å². The largest absolute Gasteiger partial charge is 0.456 e. The van der Waals surface area contributed by atoms with Crippen molar-refractivity contribution >= 4 is 122 Å². The molecule has 8 aromatic carbocycles. The number of rotatable bonds is 2. The van der Waals surface area contributed by atoms with Crippen molar-refractivity contribution in [2.75, 3.05) is 9.80 Å². The normalized spacial score (nSPS) is 14.1. The zero-order valence-corrected chi connectivity index (χ0v) is 41.9. The number of nitrogens with zero attached hydrogens (tertiary/aromatic N) is 3. The summed E-state index contributed by atoms with van der Waals surface area (Å²) in [6.45, 7) is 23.5. The third kappa shape index (κ3) is 5.64. The van der Waals surface area contributed by atoms with E-state index in [4.69, 9.17) is 4.42 Å². The maximum absolute atomic E-state index is 6.67. The quantitative estimate of drug-likeness (QED) is 0.162. The number of thiophene rings is 1. The summed E-state index contributed by atoms with van der Waals surface area (Å²) in [4.78, 5) is 5.32. The molecule has 11 aromatic rings. The van der Waals surface area contributed by atoms with Gasteiger partial charge in [0.25, 0.3) is 6.71 Å². The van der Waals surface area contributed by atoms with Crippen molar-refractivity contribution in [3.8, 4) is 16.8 Å². The molecule has 3 aliphatic heterocycles. The van der Waals surface area contributed by atoms with Crippen LogP contribution in [0.3, 0.4) is 0 Å². The molecule has 0 saturated carbocycles. The van der Waals surface area contributed by atoms with Crippen molar-refractivity contribution in [2.45, 2.75) is 85.5 Å². The molecule has 69 heavy (non-hydrogen) atoms. The third-order valence-corrected chi connectivity index (χ3v) is 16.8. The fraction of sp³-hybridized carbons (Fsp3) is 0.206. The van der Waals surface area contributed by atoms with E-state index in [-0.39, 0.29) is 23.0 Å². The van der Waals surface area contributed by atoms with Gasteiger partial charge in [-0.3, -0.25) is 0 Å². The smallest absolute Gasteiger partial charge is 0.264 e. The van der Waals surface area contributed by atoms with Crippen molar-refractivity contribution in [1.82, 2.24) is 4.57 Å². The van der Waals surface area contributed by atoms with Crippen LogP contribution in [0.1, 0.15) is 84.6 Å². The maximum Gasteiger partial charge on any atom is 0.264 e. The van der Waals surface area contributed by atoms with Crippen LogP contribution in [0.5, 0.6) is 0 Å². The Morgan fingerprint density at radius 2 is 1.14 bits per heavy atom. The highest BCUT2D eigenvalue weighted by molar-refractivity contribution is 7.33. The van der Waals surface area contributed by atoms with Gasteiger partial charge in [-0.25, -0.2) is 0 Å². The molecule has 6 heterocycles. The van der Waals surface area contributed by atoms with Gasteiger partial charge < -0.3 is 18.8 Å². The first kappa shape index (κ1) is 41.0. The highest BCUT2D eigenvalue weighted by Gasteiger charge is 2.49. The Kier molecular flexibility index (Phi) is 8.09. The van der Waals surface area contributed by atoms with E-state index in [0.717, 1.165) is 27.6 Å². The summed E-state index contributed by atoms with van der Waals surface area (Å²) in [6.07, 6.45) is 0. The molecule has 0 atom stereocenters. The Hall–Kier alpha value is -7.02. The van der Waals surface area contributed by atoms with Crippen molar-refractivity contribution in [2.24, 2.45) is 0 Å². The number of aromatic nitrogens is 1. The summed E-state index contributed by atoms with van der Waals surface area (Å²) in [7, 11) is 0. The molecule has 3 aliphatic rings. The number of hydrogen-bond acceptors (Lipinski definition) is 4. The molecule has 3 aromatic heterocycles. The number of fused-ring (bicyclic) bond motifs is 14. The SMILES string of the molecule is Cc1cc2c3c(c1)N1c4c(cc(C(C)(C)C)cc4-n4c5ccc(C(C)(C)C)cc5c5cc(C(C)(C)C)cc1c54)B3c1sc3ccc(-c4ccccc4)cc3c1N2c1cccc2oc3ccccc3c12. The van der Waals surface area contributed by atoms with Gasteiger partial charge in [-0.2, -0.15) is 0 Å². The second-order valence-electron chi connectivity index (χ2n) is 23.1. The number of anilines is 6. The van der Waals surface area contributed by atoms with Gasteiger partial charge in [-0.1, -0.05) is 135 Å². The molecule has 0 fully saturated rings. The molecular formula is C63H54BN3OS. The third-order valence-electron chi connectivity index (χ3n) is 15.5. The van der Waals surface area contributed by atoms with Crippen molar-refractivity contribution < 1.29 is 4.42 Å². The minimum Gasteiger partial charge on any atom is -0.456 e. The topological polar surface area (TPSA) is 24.6 Å². The van der Waals surface area contributed by atoms with Crippen molar-refractivity contribution in [1.29, 1.82) is 0 Å². The molecule has 0 aliphatic carbocycles. The van der Waals surface area contributed by atoms with Crippen LogP contribution < -0.4 is 25.5 Å². The fourth-order valence-corrected chi connectivity index (χ4v) is 13.3. The molecule has 0 N–H and O–H groups in total. The predicted octanol–water partition coefficient (Wildman–Crippen LogP) is 16.2. The van der Waals surface area contributed by atoms with Crippen LogP contribution in [0.2, 0.25) is 0 Å². The molecule has 14 rings (SSSR count). The van der Waals surface area contributed by atoms with Gasteiger partial charge in [0.05, 0.1) is 44.9 Å². The molecular weight excluding hydrogens is 858 g/mol. The summed E-state index contributed by atoms with van der Waals surface area (Å²) in [5.74, 6) is 0. The monoisotopic (exact) mass is 911 g/mol. The second kappa shape index (κ2) is 13.6. The number of benzene rings is 8. The average molecular weight is 912 g/mol. The summed E-state index contributed by atoms with van der Waals surface area (Å²) in [6, 6.07) is 55.6. The lowest BCUT2D eigenvalue weighted by molar-refractivity contribution is 0.590. The highest BCUT2D eigenvalue weighted by atomic mass is 32.1. The average Bonchev–Trinajstić information content (AvgIpc) is 4.00. The molecule has 0 amide bonds. The molecule has 0 saturated heterocycles. The zero-order valence-electron chi connectivity index (χ0n) is 41.1. The van der Waals surface area contributed by atoms with Gasteiger partial charge in [0.1, 0.15) is 11.2 Å². The van der Waals surface area contributed by atoms with Gasteiger partial charge in [0.2, 0.25) is 0 Å². The predicted molar refractivity (Wildman–Crippen MR) is 297 cm³/mol. The lowest BCUT2D eigenvalue weighted by atomic mass is 9.35. The van der Waals surface area contributed by atoms with E-state index >= 15 is 0 Å². The first-order chi connectivity index (χ1) is 33.0. The minimum atomic E-state index is -0.114. The molecule has 336 valence electrons. The first-order valence-corrected chi connectivity index (χ1v) is 25.4. The van der Waals surface area contributed by atoms with Gasteiger partial charge >= 0.3 is 0 Å². The summed E-state index contributed by atoms with van der Waals surface area (Å²) >= 11 is 1.97. The van der Waals surface area contributed by atoms with E-state index in [9.17, 15) is 0 Å².